The van der Waals surface area contributed by atoms with Crippen molar-refractivity contribution in [3.63, 3.8) is 0 Å². The maximum absolute atomic E-state index is 14.9. The minimum absolute atomic E-state index is 0.00815. The zero-order valence-corrected chi connectivity index (χ0v) is 22.1. The summed E-state index contributed by atoms with van der Waals surface area (Å²) in [5, 5.41) is 2.45. The molecule has 39 heavy (non-hydrogen) atoms. The number of halogens is 1. The maximum atomic E-state index is 14.9. The number of hydrogen-bond acceptors (Lipinski definition) is 6. The van der Waals surface area contributed by atoms with Gasteiger partial charge in [-0.3, -0.25) is 19.7 Å². The normalized spacial score (nSPS) is 16.5. The van der Waals surface area contributed by atoms with Gasteiger partial charge in [0.05, 0.1) is 24.3 Å². The average Bonchev–Trinajstić information content (AvgIpc) is 2.96. The first kappa shape index (κ1) is 26.5. The molecule has 2 aliphatic heterocycles. The van der Waals surface area contributed by atoms with Crippen molar-refractivity contribution in [1.29, 1.82) is 0 Å². The van der Waals surface area contributed by atoms with Crippen molar-refractivity contribution >= 4 is 17.7 Å². The number of morpholine rings is 1. The zero-order chi connectivity index (χ0) is 27.7. The Morgan fingerprint density at radius 3 is 2.44 bits per heavy atom. The molecule has 0 aliphatic carbocycles. The Bertz CT molecular complexity index is 1430. The van der Waals surface area contributed by atoms with E-state index in [-0.39, 0.29) is 29.9 Å². The summed E-state index contributed by atoms with van der Waals surface area (Å²) in [6.07, 6.45) is 0.166. The number of ether oxygens (including phenoxy) is 2. The molecular formula is C30H30FN3O5. The molecule has 5 rings (SSSR count). The molecule has 3 heterocycles. The Morgan fingerprint density at radius 2 is 1.74 bits per heavy atom. The first-order chi connectivity index (χ1) is 18.7. The quantitative estimate of drug-likeness (QED) is 0.514. The van der Waals surface area contributed by atoms with Crippen molar-refractivity contribution in [2.45, 2.75) is 33.1 Å². The highest BCUT2D eigenvalue weighted by Crippen LogP contribution is 2.52. The molecule has 0 radical (unpaired) electrons. The van der Waals surface area contributed by atoms with Gasteiger partial charge in [0.15, 0.2) is 11.6 Å². The Labute approximate surface area is 226 Å². The molecule has 1 N–H and O–H groups in total. The molecular weight excluding hydrogens is 501 g/mol. The Balaban J connectivity index is 1.49. The van der Waals surface area contributed by atoms with Crippen LogP contribution in [0.3, 0.4) is 0 Å². The summed E-state index contributed by atoms with van der Waals surface area (Å²) in [7, 11) is 0. The van der Waals surface area contributed by atoms with E-state index in [9.17, 15) is 18.8 Å². The van der Waals surface area contributed by atoms with Crippen LogP contribution in [0, 0.1) is 11.2 Å². The summed E-state index contributed by atoms with van der Waals surface area (Å²) in [6.45, 7) is 7.28. The Hall–Kier alpha value is -4.11. The summed E-state index contributed by atoms with van der Waals surface area (Å²) in [5.41, 5.74) is 1.88. The molecule has 2 aromatic carbocycles. The second-order valence-corrected chi connectivity index (χ2v) is 10.2. The van der Waals surface area contributed by atoms with E-state index in [1.165, 1.54) is 6.07 Å². The third-order valence-corrected chi connectivity index (χ3v) is 7.31. The number of fused-ring (bicyclic) bond motifs is 2. The van der Waals surface area contributed by atoms with Gasteiger partial charge in [-0.15, -0.1) is 0 Å². The number of amides is 3. The van der Waals surface area contributed by atoms with Crippen molar-refractivity contribution < 1.29 is 28.2 Å². The fourth-order valence-electron chi connectivity index (χ4n) is 5.06. The van der Waals surface area contributed by atoms with Gasteiger partial charge in [0.25, 0.3) is 5.91 Å². The lowest BCUT2D eigenvalue weighted by molar-refractivity contribution is -0.136. The van der Waals surface area contributed by atoms with Crippen LogP contribution in [0.2, 0.25) is 0 Å². The van der Waals surface area contributed by atoms with Crippen LogP contribution in [0.25, 0.3) is 11.3 Å². The fraction of sp³-hybridized carbons (Fsp3) is 0.333. The van der Waals surface area contributed by atoms with Crippen LogP contribution in [-0.4, -0.2) is 53.9 Å². The molecule has 2 aliphatic rings. The van der Waals surface area contributed by atoms with Crippen LogP contribution in [0.4, 0.5) is 4.39 Å². The maximum Gasteiger partial charge on any atom is 0.254 e. The lowest BCUT2D eigenvalue weighted by Gasteiger charge is -2.37. The van der Waals surface area contributed by atoms with Crippen molar-refractivity contribution in [2.75, 3.05) is 26.3 Å². The smallest absolute Gasteiger partial charge is 0.254 e. The first-order valence-corrected chi connectivity index (χ1v) is 13.0. The number of para-hydroxylation sites is 1. The number of nitrogens with zero attached hydrogens (tertiary/aromatic N) is 2. The molecule has 1 fully saturated rings. The predicted molar refractivity (Wildman–Crippen MR) is 142 cm³/mol. The SMILES string of the molecule is CCC(=O)NC(=O)C(C)(C)C1c2ccc(-c3ccc(C(=O)N4CCOCC4)cc3)nc2Oc2c(F)cccc21. The second kappa shape index (κ2) is 10.6. The third kappa shape index (κ3) is 5.02. The lowest BCUT2D eigenvalue weighted by Crippen LogP contribution is -2.44. The topological polar surface area (TPSA) is 97.8 Å². The second-order valence-electron chi connectivity index (χ2n) is 10.2. The number of nitrogens with one attached hydrogen (secondary N) is 1. The standard InChI is InChI=1S/C30H30FN3O5/c1-4-24(35)33-29(37)30(2,3)25-20-6-5-7-22(31)26(20)39-27-21(25)12-13-23(32-27)18-8-10-19(11-9-18)28(36)34-14-16-38-17-15-34/h5-13,25H,4,14-17H2,1-3H3,(H,33,35,37). The van der Waals surface area contributed by atoms with E-state index in [4.69, 9.17) is 9.47 Å². The zero-order valence-electron chi connectivity index (χ0n) is 22.1. The van der Waals surface area contributed by atoms with Crippen LogP contribution in [0.1, 0.15) is 54.6 Å². The predicted octanol–water partition coefficient (Wildman–Crippen LogP) is 4.68. The van der Waals surface area contributed by atoms with Gasteiger partial charge in [0, 0.05) is 47.7 Å². The minimum Gasteiger partial charge on any atom is -0.435 e. The van der Waals surface area contributed by atoms with Gasteiger partial charge in [0.1, 0.15) is 0 Å². The molecule has 0 bridgehead atoms. The number of aromatic nitrogens is 1. The molecule has 3 amide bonds. The highest BCUT2D eigenvalue weighted by Gasteiger charge is 2.45. The van der Waals surface area contributed by atoms with E-state index in [2.05, 4.69) is 10.3 Å². The van der Waals surface area contributed by atoms with Crippen molar-refractivity contribution in [3.05, 3.63) is 77.1 Å². The summed E-state index contributed by atoms with van der Waals surface area (Å²) in [6, 6.07) is 15.3. The van der Waals surface area contributed by atoms with Gasteiger partial charge in [-0.1, -0.05) is 51.1 Å². The largest absolute Gasteiger partial charge is 0.435 e. The summed E-state index contributed by atoms with van der Waals surface area (Å²) in [5.74, 6) is -1.90. The van der Waals surface area contributed by atoms with E-state index < -0.39 is 23.1 Å². The van der Waals surface area contributed by atoms with Crippen molar-refractivity contribution in [3.8, 4) is 22.9 Å². The molecule has 202 valence electrons. The van der Waals surface area contributed by atoms with E-state index in [1.807, 2.05) is 24.3 Å². The molecule has 1 unspecified atom stereocenters. The molecule has 8 nitrogen and oxygen atoms in total. The Kier molecular flexibility index (Phi) is 7.18. The van der Waals surface area contributed by atoms with E-state index >= 15 is 0 Å². The highest BCUT2D eigenvalue weighted by molar-refractivity contribution is 5.98. The van der Waals surface area contributed by atoms with Gasteiger partial charge in [-0.25, -0.2) is 9.37 Å². The minimum atomic E-state index is -1.13. The van der Waals surface area contributed by atoms with Crippen molar-refractivity contribution in [1.82, 2.24) is 15.2 Å². The Morgan fingerprint density at radius 1 is 1.03 bits per heavy atom. The van der Waals surface area contributed by atoms with Crippen molar-refractivity contribution in [2.24, 2.45) is 5.41 Å². The molecule has 0 saturated carbocycles. The molecule has 1 saturated heterocycles. The van der Waals surface area contributed by atoms with E-state index in [0.717, 1.165) is 5.56 Å². The summed E-state index contributed by atoms with van der Waals surface area (Å²) in [4.78, 5) is 44.5. The molecule has 3 aromatic rings. The lowest BCUT2D eigenvalue weighted by atomic mass is 9.69. The average molecular weight is 532 g/mol. The number of carbonyl (C=O) groups is 3. The number of carbonyl (C=O) groups excluding carboxylic acids is 3. The monoisotopic (exact) mass is 531 g/mol. The summed E-state index contributed by atoms with van der Waals surface area (Å²) < 4.78 is 26.2. The van der Waals surface area contributed by atoms with E-state index in [0.29, 0.717) is 48.7 Å². The molecule has 1 atom stereocenters. The number of benzene rings is 2. The van der Waals surface area contributed by atoms with Gasteiger partial charge in [-0.2, -0.15) is 0 Å². The number of hydrogen-bond donors (Lipinski definition) is 1. The van der Waals surface area contributed by atoms with Crippen LogP contribution in [0.5, 0.6) is 11.6 Å². The van der Waals surface area contributed by atoms with Gasteiger partial charge >= 0.3 is 0 Å². The van der Waals surface area contributed by atoms with Crippen LogP contribution in [-0.2, 0) is 14.3 Å². The van der Waals surface area contributed by atoms with Gasteiger partial charge in [-0.05, 0) is 24.3 Å². The number of imide groups is 1. The van der Waals surface area contributed by atoms with Crippen LogP contribution >= 0.6 is 0 Å². The van der Waals surface area contributed by atoms with Crippen LogP contribution < -0.4 is 10.1 Å². The van der Waals surface area contributed by atoms with Gasteiger partial charge in [0.2, 0.25) is 17.7 Å². The highest BCUT2D eigenvalue weighted by atomic mass is 19.1. The van der Waals surface area contributed by atoms with E-state index in [1.54, 1.807) is 49.9 Å². The van der Waals surface area contributed by atoms with Crippen LogP contribution in [0.15, 0.2) is 54.6 Å². The number of rotatable bonds is 5. The van der Waals surface area contributed by atoms with Gasteiger partial charge < -0.3 is 14.4 Å². The third-order valence-electron chi connectivity index (χ3n) is 7.31. The first-order valence-electron chi connectivity index (χ1n) is 13.0. The summed E-state index contributed by atoms with van der Waals surface area (Å²) >= 11 is 0. The molecule has 1 aromatic heterocycles. The molecule has 9 heteroatoms. The molecule has 0 spiro atoms. The number of pyridine rings is 1. The fourth-order valence-corrected chi connectivity index (χ4v) is 5.06.